The van der Waals surface area contributed by atoms with Crippen LogP contribution in [0.5, 0.6) is 0 Å². The van der Waals surface area contributed by atoms with Crippen LogP contribution in [0, 0.1) is 5.41 Å². The van der Waals surface area contributed by atoms with Crippen molar-refractivity contribution in [3.8, 4) is 5.69 Å². The second kappa shape index (κ2) is 5.32. The Kier molecular flexibility index (Phi) is 3.78. The molecule has 94 valence electrons. The van der Waals surface area contributed by atoms with Crippen LogP contribution in [-0.2, 0) is 4.74 Å². The van der Waals surface area contributed by atoms with Gasteiger partial charge in [-0.15, -0.1) is 5.10 Å². The zero-order chi connectivity index (χ0) is 13.1. The van der Waals surface area contributed by atoms with E-state index in [1.165, 1.54) is 4.68 Å². The number of carbonyl (C=O) groups is 1. The predicted octanol–water partition coefficient (Wildman–Crippen LogP) is 2.24. The molecule has 0 bridgehead atoms. The van der Waals surface area contributed by atoms with E-state index in [-0.39, 0.29) is 16.4 Å². The number of benzene rings is 1. The van der Waals surface area contributed by atoms with Crippen LogP contribution in [0.2, 0.25) is 5.02 Å². The van der Waals surface area contributed by atoms with Crippen LogP contribution in [0.4, 0.5) is 0 Å². The van der Waals surface area contributed by atoms with E-state index in [0.717, 1.165) is 11.3 Å². The summed E-state index contributed by atoms with van der Waals surface area (Å²) in [5, 5.41) is 12.5. The third-order valence-electron chi connectivity index (χ3n) is 2.11. The molecule has 0 aliphatic heterocycles. The minimum absolute atomic E-state index is 0.117. The Morgan fingerprint density at radius 3 is 2.94 bits per heavy atom. The van der Waals surface area contributed by atoms with Crippen molar-refractivity contribution in [3.63, 3.8) is 0 Å². The highest BCUT2D eigenvalue weighted by atomic mass is 35.5. The molecular weight excluding hydrogens is 274 g/mol. The highest BCUT2D eigenvalue weighted by Gasteiger charge is 2.15. The lowest BCUT2D eigenvalue weighted by Gasteiger charge is -2.02. The average Bonchev–Trinajstić information content (AvgIpc) is 2.72. The Morgan fingerprint density at radius 1 is 1.56 bits per heavy atom. The lowest BCUT2D eigenvalue weighted by molar-refractivity contribution is 0.0524. The molecule has 0 saturated carbocycles. The number of esters is 1. The van der Waals surface area contributed by atoms with Gasteiger partial charge >= 0.3 is 5.97 Å². The minimum Gasteiger partial charge on any atom is -0.461 e. The van der Waals surface area contributed by atoms with Crippen molar-refractivity contribution in [2.75, 3.05) is 6.61 Å². The Morgan fingerprint density at radius 2 is 2.28 bits per heavy atom. The van der Waals surface area contributed by atoms with Gasteiger partial charge < -0.3 is 4.74 Å². The summed E-state index contributed by atoms with van der Waals surface area (Å²) in [5.74, 6) is -0.526. The summed E-state index contributed by atoms with van der Waals surface area (Å²) in [6.45, 7) is 1.99. The molecule has 0 amide bonds. The highest BCUT2D eigenvalue weighted by Crippen LogP contribution is 2.18. The van der Waals surface area contributed by atoms with Gasteiger partial charge in [-0.3, -0.25) is 5.41 Å². The lowest BCUT2D eigenvalue weighted by atomic mass is 10.3. The van der Waals surface area contributed by atoms with Gasteiger partial charge in [0.05, 0.1) is 17.3 Å². The number of aromatic nitrogens is 2. The molecule has 2 aromatic rings. The van der Waals surface area contributed by atoms with E-state index in [1.54, 1.807) is 31.2 Å². The molecule has 5 nitrogen and oxygen atoms in total. The largest absolute Gasteiger partial charge is 0.461 e. The van der Waals surface area contributed by atoms with Crippen molar-refractivity contribution < 1.29 is 9.53 Å². The second-order valence-corrected chi connectivity index (χ2v) is 4.68. The second-order valence-electron chi connectivity index (χ2n) is 3.30. The number of hydrogen-bond acceptors (Lipinski definition) is 5. The summed E-state index contributed by atoms with van der Waals surface area (Å²) in [4.78, 5) is 11.6. The molecule has 0 atom stereocenters. The molecule has 0 spiro atoms. The maximum absolute atomic E-state index is 11.5. The summed E-state index contributed by atoms with van der Waals surface area (Å²) in [6.07, 6.45) is 0. The predicted molar refractivity (Wildman–Crippen MR) is 68.3 cm³/mol. The van der Waals surface area contributed by atoms with Crippen LogP contribution in [0.1, 0.15) is 16.7 Å². The number of hydrogen-bond donors (Lipinski definition) is 1. The van der Waals surface area contributed by atoms with Crippen LogP contribution < -0.4 is 4.80 Å². The molecule has 0 radical (unpaired) electrons. The van der Waals surface area contributed by atoms with Gasteiger partial charge in [-0.2, -0.15) is 0 Å². The fraction of sp³-hybridized carbons (Fsp3) is 0.182. The van der Waals surface area contributed by atoms with Gasteiger partial charge in [0.1, 0.15) is 0 Å². The molecule has 0 fully saturated rings. The molecule has 7 heteroatoms. The maximum Gasteiger partial charge on any atom is 0.369 e. The summed E-state index contributed by atoms with van der Waals surface area (Å²) < 4.78 is 6.16. The molecule has 1 aromatic carbocycles. The standard InChI is InChI=1S/C11H10ClN3O2S/c1-2-17-10(16)9-14-15(11(13)18-9)8-6-4-3-5-7(8)12/h3-6,13H,2H2,1H3. The first-order valence-electron chi connectivity index (χ1n) is 5.20. The SMILES string of the molecule is CCOC(=O)c1nn(-c2ccccc2Cl)c(=N)s1. The van der Waals surface area contributed by atoms with E-state index in [9.17, 15) is 4.79 Å². The number of para-hydroxylation sites is 1. The van der Waals surface area contributed by atoms with E-state index in [1.807, 2.05) is 0 Å². The summed E-state index contributed by atoms with van der Waals surface area (Å²) in [5.41, 5.74) is 0.566. The summed E-state index contributed by atoms with van der Waals surface area (Å²) in [6, 6.07) is 7.01. The van der Waals surface area contributed by atoms with Crippen molar-refractivity contribution in [2.45, 2.75) is 6.92 Å². The summed E-state index contributed by atoms with van der Waals surface area (Å²) >= 11 is 6.98. The zero-order valence-corrected chi connectivity index (χ0v) is 11.1. The lowest BCUT2D eigenvalue weighted by Crippen LogP contribution is -2.13. The van der Waals surface area contributed by atoms with Gasteiger partial charge in [-0.25, -0.2) is 9.48 Å². The topological polar surface area (TPSA) is 68.0 Å². The fourth-order valence-corrected chi connectivity index (χ4v) is 2.24. The average molecular weight is 284 g/mol. The number of nitrogens with one attached hydrogen (secondary N) is 1. The molecule has 0 unspecified atom stereocenters. The van der Waals surface area contributed by atoms with Crippen molar-refractivity contribution >= 4 is 28.9 Å². The number of halogens is 1. The molecule has 18 heavy (non-hydrogen) atoms. The van der Waals surface area contributed by atoms with Gasteiger partial charge in [0, 0.05) is 0 Å². The van der Waals surface area contributed by atoms with E-state index in [2.05, 4.69) is 5.10 Å². The molecule has 0 saturated heterocycles. The Hall–Kier alpha value is -1.66. The van der Waals surface area contributed by atoms with Crippen LogP contribution in [0.3, 0.4) is 0 Å². The van der Waals surface area contributed by atoms with E-state index in [0.29, 0.717) is 10.7 Å². The molecular formula is C11H10ClN3O2S. The highest BCUT2D eigenvalue weighted by molar-refractivity contribution is 7.10. The van der Waals surface area contributed by atoms with Crippen LogP contribution >= 0.6 is 22.9 Å². The first-order chi connectivity index (χ1) is 8.63. The van der Waals surface area contributed by atoms with Gasteiger partial charge in [0.15, 0.2) is 0 Å². The quantitative estimate of drug-likeness (QED) is 0.879. The third kappa shape index (κ3) is 2.44. The Bertz CT molecular complexity index is 635. The number of ether oxygens (including phenoxy) is 1. The molecule has 1 aromatic heterocycles. The van der Waals surface area contributed by atoms with Crippen molar-refractivity contribution in [1.82, 2.24) is 9.78 Å². The van der Waals surface area contributed by atoms with Crippen molar-refractivity contribution in [3.05, 3.63) is 39.1 Å². The molecule has 0 aliphatic rings. The monoisotopic (exact) mass is 283 g/mol. The van der Waals surface area contributed by atoms with Gasteiger partial charge in [-0.1, -0.05) is 35.1 Å². The van der Waals surface area contributed by atoms with E-state index in [4.69, 9.17) is 21.7 Å². The van der Waals surface area contributed by atoms with Crippen LogP contribution in [-0.4, -0.2) is 22.4 Å². The fourth-order valence-electron chi connectivity index (χ4n) is 1.35. The number of rotatable bonds is 3. The molecule has 1 heterocycles. The Balaban J connectivity index is 2.45. The smallest absolute Gasteiger partial charge is 0.369 e. The normalized spacial score (nSPS) is 10.3. The maximum atomic E-state index is 11.5. The Labute approximate surface area is 112 Å². The first-order valence-corrected chi connectivity index (χ1v) is 6.39. The van der Waals surface area contributed by atoms with Crippen LogP contribution in [0.15, 0.2) is 24.3 Å². The molecule has 2 rings (SSSR count). The molecule has 0 aliphatic carbocycles. The van der Waals surface area contributed by atoms with Gasteiger partial charge in [0.25, 0.3) is 0 Å². The molecule has 1 N–H and O–H groups in total. The van der Waals surface area contributed by atoms with E-state index < -0.39 is 5.97 Å². The summed E-state index contributed by atoms with van der Waals surface area (Å²) in [7, 11) is 0. The first kappa shape index (κ1) is 12.8. The third-order valence-corrected chi connectivity index (χ3v) is 3.23. The van der Waals surface area contributed by atoms with Gasteiger partial charge in [0.2, 0.25) is 9.81 Å². The van der Waals surface area contributed by atoms with Crippen LogP contribution in [0.25, 0.3) is 5.69 Å². The number of carbonyl (C=O) groups excluding carboxylic acids is 1. The number of nitrogens with zero attached hydrogens (tertiary/aromatic N) is 2. The van der Waals surface area contributed by atoms with E-state index >= 15 is 0 Å². The minimum atomic E-state index is -0.526. The van der Waals surface area contributed by atoms with Crippen molar-refractivity contribution in [2.24, 2.45) is 0 Å². The van der Waals surface area contributed by atoms with Gasteiger partial charge in [-0.05, 0) is 19.1 Å². The zero-order valence-electron chi connectivity index (χ0n) is 9.51. The van der Waals surface area contributed by atoms with Crippen molar-refractivity contribution in [1.29, 1.82) is 5.41 Å².